The Balaban J connectivity index is 1.91. The molecule has 124 valence electrons. The number of thiazole rings is 1. The lowest BCUT2D eigenvalue weighted by Crippen LogP contribution is -2.24. The van der Waals surface area contributed by atoms with Gasteiger partial charge in [0.15, 0.2) is 5.52 Å². The number of aromatic nitrogens is 3. The van der Waals surface area contributed by atoms with E-state index in [-0.39, 0.29) is 5.56 Å². The second kappa shape index (κ2) is 6.26. The summed E-state index contributed by atoms with van der Waals surface area (Å²) in [7, 11) is 0. The average molecular weight is 347 g/mol. The highest BCUT2D eigenvalue weighted by Crippen LogP contribution is 2.29. The van der Waals surface area contributed by atoms with Crippen LogP contribution in [0.2, 0.25) is 0 Å². The Morgan fingerprint density at radius 3 is 2.44 bits per heavy atom. The summed E-state index contributed by atoms with van der Waals surface area (Å²) < 4.78 is 2.38. The van der Waals surface area contributed by atoms with Crippen molar-refractivity contribution >= 4 is 21.6 Å². The van der Waals surface area contributed by atoms with Crippen LogP contribution in [0.3, 0.4) is 0 Å². The maximum absolute atomic E-state index is 12.8. The molecule has 0 aliphatic rings. The van der Waals surface area contributed by atoms with Crippen LogP contribution in [0.4, 0.5) is 0 Å². The lowest BCUT2D eigenvalue weighted by atomic mass is 10.1. The second-order valence-corrected chi connectivity index (χ2v) is 7.28. The quantitative estimate of drug-likeness (QED) is 0.558. The minimum Gasteiger partial charge on any atom is -0.265 e. The molecule has 0 amide bonds. The summed E-state index contributed by atoms with van der Waals surface area (Å²) in [4.78, 5) is 17.3. The van der Waals surface area contributed by atoms with Gasteiger partial charge in [-0.05, 0) is 19.4 Å². The number of nitrogens with zero attached hydrogens (tertiary/aromatic N) is 3. The van der Waals surface area contributed by atoms with Crippen LogP contribution in [-0.2, 0) is 6.54 Å². The predicted molar refractivity (Wildman–Crippen MR) is 102 cm³/mol. The van der Waals surface area contributed by atoms with Crippen molar-refractivity contribution in [1.82, 2.24) is 14.8 Å². The van der Waals surface area contributed by atoms with Crippen LogP contribution in [0.1, 0.15) is 16.1 Å². The van der Waals surface area contributed by atoms with Gasteiger partial charge in [-0.25, -0.2) is 9.67 Å². The molecule has 2 aromatic carbocycles. The SMILES string of the molecule is Cc1ccc(Cn2nc(-c3ccccc3)c3sc(C)nc3c2=O)cc1. The van der Waals surface area contributed by atoms with Crippen LogP contribution < -0.4 is 5.56 Å². The molecule has 0 spiro atoms. The molecule has 0 fully saturated rings. The molecule has 0 aliphatic carbocycles. The monoisotopic (exact) mass is 347 g/mol. The smallest absolute Gasteiger partial charge is 0.265 e. The number of hydrogen-bond acceptors (Lipinski definition) is 4. The molecule has 0 atom stereocenters. The molecule has 4 rings (SSSR count). The molecule has 0 N–H and O–H groups in total. The third-order valence-corrected chi connectivity index (χ3v) is 5.08. The van der Waals surface area contributed by atoms with Crippen molar-refractivity contribution in [3.8, 4) is 11.3 Å². The molecule has 0 aliphatic heterocycles. The third-order valence-electron chi connectivity index (χ3n) is 4.11. The zero-order valence-corrected chi connectivity index (χ0v) is 14.9. The number of benzene rings is 2. The van der Waals surface area contributed by atoms with E-state index in [4.69, 9.17) is 0 Å². The summed E-state index contributed by atoms with van der Waals surface area (Å²) in [5.41, 5.74) is 4.41. The minimum atomic E-state index is -0.139. The van der Waals surface area contributed by atoms with Crippen molar-refractivity contribution in [3.05, 3.63) is 81.1 Å². The van der Waals surface area contributed by atoms with Crippen molar-refractivity contribution < 1.29 is 0 Å². The van der Waals surface area contributed by atoms with E-state index in [2.05, 4.69) is 10.1 Å². The highest BCUT2D eigenvalue weighted by molar-refractivity contribution is 7.19. The highest BCUT2D eigenvalue weighted by Gasteiger charge is 2.16. The molecule has 0 unspecified atom stereocenters. The molecule has 0 saturated carbocycles. The number of aryl methyl sites for hydroxylation is 2. The zero-order valence-electron chi connectivity index (χ0n) is 14.1. The number of hydrogen-bond donors (Lipinski definition) is 0. The summed E-state index contributed by atoms with van der Waals surface area (Å²) in [6, 6.07) is 18.1. The summed E-state index contributed by atoms with van der Waals surface area (Å²) in [6.45, 7) is 4.40. The van der Waals surface area contributed by atoms with Gasteiger partial charge in [0.05, 0.1) is 16.3 Å². The zero-order chi connectivity index (χ0) is 17.4. The average Bonchev–Trinajstić information content (AvgIpc) is 3.02. The van der Waals surface area contributed by atoms with Gasteiger partial charge >= 0.3 is 0 Å². The largest absolute Gasteiger partial charge is 0.294 e. The summed E-state index contributed by atoms with van der Waals surface area (Å²) in [5.74, 6) is 0. The lowest BCUT2D eigenvalue weighted by molar-refractivity contribution is 0.650. The molecule has 5 heteroatoms. The Kier molecular flexibility index (Phi) is 3.93. The van der Waals surface area contributed by atoms with E-state index in [0.29, 0.717) is 12.1 Å². The van der Waals surface area contributed by atoms with Crippen molar-refractivity contribution in [2.45, 2.75) is 20.4 Å². The Labute approximate surface area is 149 Å². The third kappa shape index (κ3) is 2.98. The molecular formula is C20H17N3OS. The fourth-order valence-electron chi connectivity index (χ4n) is 2.82. The minimum absolute atomic E-state index is 0.139. The highest BCUT2D eigenvalue weighted by atomic mass is 32.1. The molecular weight excluding hydrogens is 330 g/mol. The first kappa shape index (κ1) is 15.7. The van der Waals surface area contributed by atoms with Gasteiger partial charge in [-0.2, -0.15) is 5.10 Å². The summed E-state index contributed by atoms with van der Waals surface area (Å²) in [6.07, 6.45) is 0. The van der Waals surface area contributed by atoms with Crippen LogP contribution in [0.5, 0.6) is 0 Å². The van der Waals surface area contributed by atoms with Crippen LogP contribution in [0, 0.1) is 13.8 Å². The van der Waals surface area contributed by atoms with E-state index in [0.717, 1.165) is 26.5 Å². The molecule has 0 radical (unpaired) electrons. The number of rotatable bonds is 3. The molecule has 0 bridgehead atoms. The van der Waals surface area contributed by atoms with E-state index < -0.39 is 0 Å². The Hall–Kier alpha value is -2.79. The Bertz CT molecular complexity index is 1100. The number of fused-ring (bicyclic) bond motifs is 1. The van der Waals surface area contributed by atoms with Gasteiger partial charge < -0.3 is 0 Å². The topological polar surface area (TPSA) is 47.8 Å². The Morgan fingerprint density at radius 1 is 1.00 bits per heavy atom. The first-order valence-corrected chi connectivity index (χ1v) is 8.93. The van der Waals surface area contributed by atoms with Crippen molar-refractivity contribution in [3.63, 3.8) is 0 Å². The second-order valence-electron chi connectivity index (χ2n) is 6.07. The van der Waals surface area contributed by atoms with Gasteiger partial charge in [0.25, 0.3) is 5.56 Å². The van der Waals surface area contributed by atoms with E-state index in [1.54, 1.807) is 0 Å². The van der Waals surface area contributed by atoms with Gasteiger partial charge in [-0.1, -0.05) is 60.2 Å². The van der Waals surface area contributed by atoms with E-state index in [1.807, 2.05) is 68.4 Å². The van der Waals surface area contributed by atoms with Crippen LogP contribution in [-0.4, -0.2) is 14.8 Å². The lowest BCUT2D eigenvalue weighted by Gasteiger charge is -2.09. The molecule has 2 aromatic heterocycles. The Morgan fingerprint density at radius 2 is 1.72 bits per heavy atom. The van der Waals surface area contributed by atoms with E-state index in [1.165, 1.54) is 21.6 Å². The van der Waals surface area contributed by atoms with Crippen LogP contribution in [0.15, 0.2) is 59.4 Å². The van der Waals surface area contributed by atoms with Crippen molar-refractivity contribution in [2.75, 3.05) is 0 Å². The molecule has 4 nitrogen and oxygen atoms in total. The fourth-order valence-corrected chi connectivity index (χ4v) is 3.74. The first-order chi connectivity index (χ1) is 12.1. The molecule has 25 heavy (non-hydrogen) atoms. The van der Waals surface area contributed by atoms with Crippen molar-refractivity contribution in [1.29, 1.82) is 0 Å². The van der Waals surface area contributed by atoms with Crippen molar-refractivity contribution in [2.24, 2.45) is 0 Å². The van der Waals surface area contributed by atoms with Gasteiger partial charge in [0.2, 0.25) is 0 Å². The maximum atomic E-state index is 12.8. The van der Waals surface area contributed by atoms with Gasteiger partial charge in [0, 0.05) is 5.56 Å². The van der Waals surface area contributed by atoms with E-state index >= 15 is 0 Å². The fraction of sp³-hybridized carbons (Fsp3) is 0.150. The maximum Gasteiger partial charge on any atom is 0.294 e. The normalized spacial score (nSPS) is 11.1. The first-order valence-electron chi connectivity index (χ1n) is 8.11. The van der Waals surface area contributed by atoms with Gasteiger partial charge in [-0.15, -0.1) is 11.3 Å². The molecule has 2 heterocycles. The standard InChI is InChI=1S/C20H17N3OS/c1-13-8-10-15(11-9-13)12-23-20(24)18-19(25-14(2)21-18)17(22-23)16-6-4-3-5-7-16/h3-11H,12H2,1-2H3. The van der Waals surface area contributed by atoms with Gasteiger partial charge in [-0.3, -0.25) is 4.79 Å². The van der Waals surface area contributed by atoms with E-state index in [9.17, 15) is 4.79 Å². The summed E-state index contributed by atoms with van der Waals surface area (Å²) in [5, 5.41) is 5.55. The van der Waals surface area contributed by atoms with Crippen LogP contribution in [0.25, 0.3) is 21.5 Å². The van der Waals surface area contributed by atoms with Gasteiger partial charge in [0.1, 0.15) is 5.69 Å². The summed E-state index contributed by atoms with van der Waals surface area (Å²) >= 11 is 1.52. The predicted octanol–water partition coefficient (Wildman–Crippen LogP) is 4.19. The molecule has 0 saturated heterocycles. The molecule has 4 aromatic rings. The van der Waals surface area contributed by atoms with Crippen LogP contribution >= 0.6 is 11.3 Å².